The number of carbonyl (C=O) groups excluding carboxylic acids is 1. The monoisotopic (exact) mass is 453 g/mol. The summed E-state index contributed by atoms with van der Waals surface area (Å²) in [5.74, 6) is 0.0993. The smallest absolute Gasteiger partial charge is 0.263 e. The number of hydrogen-bond acceptors (Lipinski definition) is 5. The van der Waals surface area contributed by atoms with E-state index < -0.39 is 0 Å². The molecule has 0 saturated carbocycles. The van der Waals surface area contributed by atoms with E-state index in [-0.39, 0.29) is 18.0 Å². The number of nitrogens with one attached hydrogen (secondary N) is 1. The van der Waals surface area contributed by atoms with Gasteiger partial charge in [0, 0.05) is 16.0 Å². The number of benzene rings is 2. The molecule has 2 heterocycles. The van der Waals surface area contributed by atoms with Crippen molar-refractivity contribution in [2.24, 2.45) is 0 Å². The van der Waals surface area contributed by atoms with Crippen molar-refractivity contribution in [2.45, 2.75) is 19.9 Å². The predicted molar refractivity (Wildman–Crippen MR) is 125 cm³/mol. The molecule has 0 aliphatic carbocycles. The fourth-order valence-corrected chi connectivity index (χ4v) is 4.41. The van der Waals surface area contributed by atoms with Crippen LogP contribution in [0, 0.1) is 0 Å². The summed E-state index contributed by atoms with van der Waals surface area (Å²) in [6, 6.07) is 13.1. The van der Waals surface area contributed by atoms with Gasteiger partial charge in [0.05, 0.1) is 24.5 Å². The van der Waals surface area contributed by atoms with Crippen LogP contribution in [-0.4, -0.2) is 22.6 Å². The number of aryl methyl sites for hydroxylation is 1. The van der Waals surface area contributed by atoms with Gasteiger partial charge in [-0.3, -0.25) is 14.2 Å². The first kappa shape index (κ1) is 21.1. The fraction of sp³-hybridized carbons (Fsp3) is 0.174. The number of amides is 1. The second-order valence-electron chi connectivity index (χ2n) is 6.95. The fourth-order valence-electron chi connectivity index (χ4n) is 3.33. The minimum atomic E-state index is -0.382. The molecule has 0 aliphatic rings. The number of anilines is 1. The average molecular weight is 454 g/mol. The minimum Gasteiger partial charge on any atom is -0.495 e. The normalized spacial score (nSPS) is 10.9. The van der Waals surface area contributed by atoms with Crippen molar-refractivity contribution < 1.29 is 9.53 Å². The number of hydrogen-bond donors (Lipinski definition) is 1. The molecule has 1 amide bonds. The summed E-state index contributed by atoms with van der Waals surface area (Å²) < 4.78 is 6.56. The Morgan fingerprint density at radius 1 is 1.23 bits per heavy atom. The van der Waals surface area contributed by atoms with Gasteiger partial charge in [0.2, 0.25) is 5.91 Å². The molecule has 158 valence electrons. The van der Waals surface area contributed by atoms with E-state index in [1.54, 1.807) is 18.2 Å². The van der Waals surface area contributed by atoms with E-state index in [4.69, 9.17) is 16.3 Å². The Hall–Kier alpha value is -3.16. The molecular weight excluding hydrogens is 434 g/mol. The molecule has 0 fully saturated rings. The molecule has 4 rings (SSSR count). The molecular formula is C23H20ClN3O3S. The third-order valence-electron chi connectivity index (χ3n) is 4.98. The molecule has 0 atom stereocenters. The van der Waals surface area contributed by atoms with Crippen molar-refractivity contribution in [3.63, 3.8) is 0 Å². The first-order valence-corrected chi connectivity index (χ1v) is 10.9. The van der Waals surface area contributed by atoms with Crippen LogP contribution < -0.4 is 15.6 Å². The Morgan fingerprint density at radius 2 is 2.00 bits per heavy atom. The van der Waals surface area contributed by atoms with E-state index in [9.17, 15) is 9.59 Å². The zero-order chi connectivity index (χ0) is 22.0. The molecule has 1 N–H and O–H groups in total. The molecule has 31 heavy (non-hydrogen) atoms. The average Bonchev–Trinajstić information content (AvgIpc) is 3.21. The number of nitrogens with zero attached hydrogens (tertiary/aromatic N) is 2. The maximum atomic E-state index is 13.2. The third kappa shape index (κ3) is 4.33. The minimum absolute atomic E-state index is 0.179. The van der Waals surface area contributed by atoms with Crippen LogP contribution >= 0.6 is 22.9 Å². The number of halogens is 1. The Morgan fingerprint density at radius 3 is 2.71 bits per heavy atom. The Labute approximate surface area is 188 Å². The standard InChI is InChI=1S/C23H20ClN3O3S/c1-3-14-4-6-15(7-5-14)17-12-31-22-21(17)23(29)27(13-25-22)11-20(28)26-18-10-16(24)8-9-19(18)30-2/h4-10,12-13H,3,11H2,1-2H3,(H,26,28). The highest BCUT2D eigenvalue weighted by Gasteiger charge is 2.16. The summed E-state index contributed by atoms with van der Waals surface area (Å²) in [6.07, 6.45) is 2.35. The van der Waals surface area contributed by atoms with Crippen molar-refractivity contribution in [1.29, 1.82) is 0 Å². The van der Waals surface area contributed by atoms with Gasteiger partial charge >= 0.3 is 0 Å². The van der Waals surface area contributed by atoms with Gasteiger partial charge in [0.1, 0.15) is 17.1 Å². The van der Waals surface area contributed by atoms with Crippen molar-refractivity contribution in [2.75, 3.05) is 12.4 Å². The van der Waals surface area contributed by atoms with Crippen molar-refractivity contribution in [3.05, 3.63) is 75.1 Å². The zero-order valence-corrected chi connectivity index (χ0v) is 18.6. The summed E-state index contributed by atoms with van der Waals surface area (Å²) in [4.78, 5) is 30.8. The molecule has 2 aromatic heterocycles. The molecule has 0 spiro atoms. The number of rotatable bonds is 6. The molecule has 2 aromatic carbocycles. The van der Waals surface area contributed by atoms with E-state index in [1.807, 2.05) is 17.5 Å². The molecule has 0 radical (unpaired) electrons. The number of methoxy groups -OCH3 is 1. The highest BCUT2D eigenvalue weighted by molar-refractivity contribution is 7.17. The first-order chi connectivity index (χ1) is 15.0. The van der Waals surface area contributed by atoms with Gasteiger partial charge in [-0.05, 0) is 35.7 Å². The van der Waals surface area contributed by atoms with Gasteiger partial charge in [-0.1, -0.05) is 42.8 Å². The summed E-state index contributed by atoms with van der Waals surface area (Å²) in [7, 11) is 1.51. The number of fused-ring (bicyclic) bond motifs is 1. The van der Waals surface area contributed by atoms with Gasteiger partial charge in [0.15, 0.2) is 0 Å². The van der Waals surface area contributed by atoms with Crippen LogP contribution in [0.1, 0.15) is 12.5 Å². The summed E-state index contributed by atoms with van der Waals surface area (Å²) in [6.45, 7) is 1.92. The largest absolute Gasteiger partial charge is 0.495 e. The van der Waals surface area contributed by atoms with Crippen LogP contribution in [0.5, 0.6) is 5.75 Å². The molecule has 0 aliphatic heterocycles. The lowest BCUT2D eigenvalue weighted by molar-refractivity contribution is -0.116. The number of aromatic nitrogens is 2. The van der Waals surface area contributed by atoms with Crippen LogP contribution in [0.4, 0.5) is 5.69 Å². The van der Waals surface area contributed by atoms with Gasteiger partial charge in [-0.15, -0.1) is 11.3 Å². The van der Waals surface area contributed by atoms with Gasteiger partial charge in [-0.2, -0.15) is 0 Å². The van der Waals surface area contributed by atoms with E-state index in [1.165, 1.54) is 34.9 Å². The summed E-state index contributed by atoms with van der Waals surface area (Å²) >= 11 is 7.43. The number of ether oxygens (including phenoxy) is 1. The molecule has 6 nitrogen and oxygen atoms in total. The highest BCUT2D eigenvalue weighted by atomic mass is 35.5. The van der Waals surface area contributed by atoms with Gasteiger partial charge < -0.3 is 10.1 Å². The lowest BCUT2D eigenvalue weighted by Gasteiger charge is -2.11. The van der Waals surface area contributed by atoms with Crippen molar-refractivity contribution >= 4 is 44.7 Å². The number of carbonyl (C=O) groups is 1. The van der Waals surface area contributed by atoms with E-state index in [0.29, 0.717) is 26.7 Å². The Kier molecular flexibility index (Phi) is 6.06. The molecule has 0 unspecified atom stereocenters. The maximum absolute atomic E-state index is 13.2. The maximum Gasteiger partial charge on any atom is 0.263 e. The van der Waals surface area contributed by atoms with Crippen LogP contribution in [-0.2, 0) is 17.8 Å². The van der Waals surface area contributed by atoms with Gasteiger partial charge in [0.25, 0.3) is 5.56 Å². The Bertz CT molecular complexity index is 1310. The Balaban J connectivity index is 1.64. The van der Waals surface area contributed by atoms with Crippen LogP contribution in [0.25, 0.3) is 21.3 Å². The van der Waals surface area contributed by atoms with Crippen molar-refractivity contribution in [3.8, 4) is 16.9 Å². The second kappa shape index (κ2) is 8.91. The second-order valence-corrected chi connectivity index (χ2v) is 8.24. The lowest BCUT2D eigenvalue weighted by Crippen LogP contribution is -2.28. The highest BCUT2D eigenvalue weighted by Crippen LogP contribution is 2.31. The van der Waals surface area contributed by atoms with Crippen LogP contribution in [0.3, 0.4) is 0 Å². The quantitative estimate of drug-likeness (QED) is 0.446. The molecule has 8 heteroatoms. The van der Waals surface area contributed by atoms with Crippen LogP contribution in [0.2, 0.25) is 5.02 Å². The topological polar surface area (TPSA) is 73.2 Å². The van der Waals surface area contributed by atoms with E-state index in [0.717, 1.165) is 17.5 Å². The van der Waals surface area contributed by atoms with Gasteiger partial charge in [-0.25, -0.2) is 4.98 Å². The van der Waals surface area contributed by atoms with Crippen molar-refractivity contribution in [1.82, 2.24) is 9.55 Å². The molecule has 0 saturated heterocycles. The lowest BCUT2D eigenvalue weighted by atomic mass is 10.0. The van der Waals surface area contributed by atoms with E-state index >= 15 is 0 Å². The third-order valence-corrected chi connectivity index (χ3v) is 6.10. The van der Waals surface area contributed by atoms with E-state index in [2.05, 4.69) is 29.4 Å². The van der Waals surface area contributed by atoms with Crippen LogP contribution in [0.15, 0.2) is 59.0 Å². The summed E-state index contributed by atoms with van der Waals surface area (Å²) in [5.41, 5.74) is 3.19. The predicted octanol–water partition coefficient (Wildman–Crippen LogP) is 4.99. The molecule has 0 bridgehead atoms. The summed E-state index contributed by atoms with van der Waals surface area (Å²) in [5, 5.41) is 5.66. The molecule has 4 aromatic rings. The zero-order valence-electron chi connectivity index (χ0n) is 17.0. The number of thiophene rings is 1. The first-order valence-electron chi connectivity index (χ1n) is 9.69. The SMILES string of the molecule is CCc1ccc(-c2csc3ncn(CC(=O)Nc4cc(Cl)ccc4OC)c(=O)c23)cc1.